The van der Waals surface area contributed by atoms with Gasteiger partial charge in [-0.1, -0.05) is 24.3 Å². The fraction of sp³-hybridized carbons (Fsp3) is 0.259. The first-order chi connectivity index (χ1) is 16.1. The van der Waals surface area contributed by atoms with Gasteiger partial charge in [0.2, 0.25) is 5.91 Å². The molecule has 0 unspecified atom stereocenters. The number of aryl methyl sites for hydroxylation is 1. The molecule has 1 aliphatic heterocycles. The van der Waals surface area contributed by atoms with Gasteiger partial charge in [0.15, 0.2) is 0 Å². The molecule has 4 aromatic rings. The van der Waals surface area contributed by atoms with E-state index >= 15 is 0 Å². The second kappa shape index (κ2) is 8.98. The van der Waals surface area contributed by atoms with E-state index in [-0.39, 0.29) is 11.8 Å². The second-order valence-corrected chi connectivity index (χ2v) is 8.38. The van der Waals surface area contributed by atoms with Crippen LogP contribution in [0, 0.1) is 6.92 Å². The number of carbonyl (C=O) groups excluding carboxylic acids is 1. The first kappa shape index (κ1) is 21.1. The van der Waals surface area contributed by atoms with Crippen molar-refractivity contribution in [3.8, 4) is 11.5 Å². The molecule has 1 aliphatic rings. The predicted molar refractivity (Wildman–Crippen MR) is 129 cm³/mol. The first-order valence-corrected chi connectivity index (χ1v) is 11.2. The lowest BCUT2D eigenvalue weighted by molar-refractivity contribution is -0.117. The fourth-order valence-electron chi connectivity index (χ4n) is 4.49. The molecular weight excluding hydrogens is 414 g/mol. The molecule has 0 radical (unpaired) electrons. The molecule has 1 aromatic heterocycles. The highest BCUT2D eigenvalue weighted by Crippen LogP contribution is 2.33. The Morgan fingerprint density at radius 2 is 1.82 bits per heavy atom. The van der Waals surface area contributed by atoms with Crippen LogP contribution in [-0.4, -0.2) is 35.7 Å². The normalized spacial score (nSPS) is 15.9. The summed E-state index contributed by atoms with van der Waals surface area (Å²) in [6, 6.07) is 23.8. The quantitative estimate of drug-likeness (QED) is 0.407. The number of ether oxygens (including phenoxy) is 2. The summed E-state index contributed by atoms with van der Waals surface area (Å²) in [4.78, 5) is 19.7. The highest BCUT2D eigenvalue weighted by atomic mass is 16.5. The minimum Gasteiger partial charge on any atom is -0.497 e. The summed E-state index contributed by atoms with van der Waals surface area (Å²) >= 11 is 0. The molecule has 2 heterocycles. The number of fused-ring (bicyclic) bond motifs is 1. The van der Waals surface area contributed by atoms with Gasteiger partial charge in [0.25, 0.3) is 0 Å². The molecule has 0 bridgehead atoms. The number of anilines is 1. The number of methoxy groups -OCH3 is 1. The van der Waals surface area contributed by atoms with E-state index in [1.165, 1.54) is 5.56 Å². The van der Waals surface area contributed by atoms with Crippen LogP contribution < -0.4 is 14.4 Å². The predicted octanol–water partition coefficient (Wildman–Crippen LogP) is 4.95. The van der Waals surface area contributed by atoms with E-state index in [9.17, 15) is 4.79 Å². The maximum absolute atomic E-state index is 12.9. The van der Waals surface area contributed by atoms with E-state index in [1.807, 2.05) is 65.6 Å². The summed E-state index contributed by atoms with van der Waals surface area (Å²) in [5.74, 6) is 2.71. The van der Waals surface area contributed by atoms with Crippen LogP contribution in [0.1, 0.15) is 23.7 Å². The molecule has 5 rings (SSSR count). The number of benzene rings is 3. The third-order valence-electron chi connectivity index (χ3n) is 6.13. The molecule has 1 saturated heterocycles. The summed E-state index contributed by atoms with van der Waals surface area (Å²) in [5, 5.41) is 0. The van der Waals surface area contributed by atoms with Crippen LogP contribution in [0.2, 0.25) is 0 Å². The van der Waals surface area contributed by atoms with Gasteiger partial charge in [0.05, 0.1) is 24.7 Å². The van der Waals surface area contributed by atoms with E-state index in [2.05, 4.69) is 23.6 Å². The van der Waals surface area contributed by atoms with Crippen molar-refractivity contribution in [2.45, 2.75) is 25.8 Å². The van der Waals surface area contributed by atoms with Gasteiger partial charge < -0.3 is 18.9 Å². The minimum absolute atomic E-state index is 0.0194. The second-order valence-electron chi connectivity index (χ2n) is 8.38. The SMILES string of the molecule is COc1ccc(N2C[C@@H](c3nc4ccccc4n3CCOc3cccc(C)c3)CC2=O)cc1. The number of rotatable bonds is 7. The number of carbonyl (C=O) groups is 1. The zero-order valence-electron chi connectivity index (χ0n) is 18.9. The van der Waals surface area contributed by atoms with Crippen molar-refractivity contribution >= 4 is 22.6 Å². The van der Waals surface area contributed by atoms with Crippen LogP contribution in [0.3, 0.4) is 0 Å². The molecule has 6 nitrogen and oxygen atoms in total. The number of para-hydroxylation sites is 2. The standard InChI is InChI=1S/C27H27N3O3/c1-19-6-5-7-23(16-19)33-15-14-29-25-9-4-3-8-24(25)28-27(29)20-17-26(31)30(18-20)21-10-12-22(32-2)13-11-21/h3-13,16,20H,14-15,17-18H2,1-2H3/t20-/m0/s1. The first-order valence-electron chi connectivity index (χ1n) is 11.2. The summed E-state index contributed by atoms with van der Waals surface area (Å²) < 4.78 is 13.5. The molecule has 6 heteroatoms. The van der Waals surface area contributed by atoms with E-state index in [1.54, 1.807) is 7.11 Å². The molecular formula is C27H27N3O3. The van der Waals surface area contributed by atoms with Gasteiger partial charge in [0.1, 0.15) is 23.9 Å². The number of hydrogen-bond donors (Lipinski definition) is 0. The lowest BCUT2D eigenvalue weighted by Crippen LogP contribution is -2.24. The van der Waals surface area contributed by atoms with Crippen molar-refractivity contribution in [2.75, 3.05) is 25.2 Å². The average Bonchev–Trinajstić information content (AvgIpc) is 3.40. The van der Waals surface area contributed by atoms with E-state index in [4.69, 9.17) is 14.5 Å². The Balaban J connectivity index is 1.39. The van der Waals surface area contributed by atoms with Crippen LogP contribution in [0.5, 0.6) is 11.5 Å². The van der Waals surface area contributed by atoms with Crippen molar-refractivity contribution in [1.29, 1.82) is 0 Å². The van der Waals surface area contributed by atoms with Crippen molar-refractivity contribution in [2.24, 2.45) is 0 Å². The van der Waals surface area contributed by atoms with E-state index < -0.39 is 0 Å². The minimum atomic E-state index is 0.0194. The Bertz CT molecular complexity index is 1280. The summed E-state index contributed by atoms with van der Waals surface area (Å²) in [6.07, 6.45) is 0.439. The van der Waals surface area contributed by atoms with Gasteiger partial charge in [-0.3, -0.25) is 4.79 Å². The van der Waals surface area contributed by atoms with Crippen molar-refractivity contribution in [1.82, 2.24) is 9.55 Å². The maximum atomic E-state index is 12.9. The molecule has 33 heavy (non-hydrogen) atoms. The lowest BCUT2D eigenvalue weighted by Gasteiger charge is -2.18. The van der Waals surface area contributed by atoms with Crippen LogP contribution in [0.15, 0.2) is 72.8 Å². The molecule has 0 saturated carbocycles. The molecule has 0 N–H and O–H groups in total. The van der Waals surface area contributed by atoms with Gasteiger partial charge in [0, 0.05) is 24.6 Å². The Labute approximate surface area is 193 Å². The molecule has 1 amide bonds. The molecule has 0 aliphatic carbocycles. The van der Waals surface area contributed by atoms with E-state index in [0.717, 1.165) is 34.0 Å². The molecule has 168 valence electrons. The third kappa shape index (κ3) is 4.29. The Kier molecular flexibility index (Phi) is 5.73. The summed E-state index contributed by atoms with van der Waals surface area (Å²) in [7, 11) is 1.64. The average molecular weight is 442 g/mol. The van der Waals surface area contributed by atoms with Gasteiger partial charge >= 0.3 is 0 Å². The van der Waals surface area contributed by atoms with Gasteiger partial charge in [-0.2, -0.15) is 0 Å². The zero-order valence-corrected chi connectivity index (χ0v) is 18.9. The zero-order chi connectivity index (χ0) is 22.8. The van der Waals surface area contributed by atoms with Crippen LogP contribution in [0.25, 0.3) is 11.0 Å². The number of amides is 1. The molecule has 0 spiro atoms. The van der Waals surface area contributed by atoms with Crippen LogP contribution >= 0.6 is 0 Å². The Morgan fingerprint density at radius 3 is 2.61 bits per heavy atom. The van der Waals surface area contributed by atoms with Crippen molar-refractivity contribution in [3.63, 3.8) is 0 Å². The van der Waals surface area contributed by atoms with Crippen molar-refractivity contribution < 1.29 is 14.3 Å². The summed E-state index contributed by atoms with van der Waals surface area (Å²) in [5.41, 5.74) is 4.06. The Hall–Kier alpha value is -3.80. The maximum Gasteiger partial charge on any atom is 0.227 e. The van der Waals surface area contributed by atoms with E-state index in [0.29, 0.717) is 26.1 Å². The molecule has 1 atom stereocenters. The topological polar surface area (TPSA) is 56.6 Å². The Morgan fingerprint density at radius 1 is 1.00 bits per heavy atom. The number of imidazole rings is 1. The monoisotopic (exact) mass is 441 g/mol. The smallest absolute Gasteiger partial charge is 0.227 e. The molecule has 3 aromatic carbocycles. The number of aromatic nitrogens is 2. The number of nitrogens with zero attached hydrogens (tertiary/aromatic N) is 3. The van der Waals surface area contributed by atoms with Gasteiger partial charge in [-0.25, -0.2) is 4.98 Å². The fourth-order valence-corrected chi connectivity index (χ4v) is 4.49. The van der Waals surface area contributed by atoms with Gasteiger partial charge in [-0.05, 0) is 61.0 Å². The van der Waals surface area contributed by atoms with Crippen LogP contribution in [-0.2, 0) is 11.3 Å². The van der Waals surface area contributed by atoms with Gasteiger partial charge in [-0.15, -0.1) is 0 Å². The largest absolute Gasteiger partial charge is 0.497 e. The third-order valence-corrected chi connectivity index (χ3v) is 6.13. The number of hydrogen-bond acceptors (Lipinski definition) is 4. The highest BCUT2D eigenvalue weighted by molar-refractivity contribution is 5.96. The molecule has 1 fully saturated rings. The van der Waals surface area contributed by atoms with Crippen molar-refractivity contribution in [3.05, 3.63) is 84.2 Å². The van der Waals surface area contributed by atoms with Crippen LogP contribution in [0.4, 0.5) is 5.69 Å². The summed E-state index contributed by atoms with van der Waals surface area (Å²) in [6.45, 7) is 3.85. The lowest BCUT2D eigenvalue weighted by atomic mass is 10.1. The highest BCUT2D eigenvalue weighted by Gasteiger charge is 2.34.